The molecule has 0 fully saturated rings. The van der Waals surface area contributed by atoms with Gasteiger partial charge in [-0.05, 0) is 6.92 Å². The van der Waals surface area contributed by atoms with Gasteiger partial charge in [0.2, 0.25) is 0 Å². The summed E-state index contributed by atoms with van der Waals surface area (Å²) in [5.41, 5.74) is -0.168. The maximum absolute atomic E-state index is 12.1. The number of rotatable bonds is 8. The van der Waals surface area contributed by atoms with Crippen LogP contribution in [0.15, 0.2) is 12.3 Å². The molecule has 0 saturated heterocycles. The Bertz CT molecular complexity index is 539. The predicted octanol–water partition coefficient (Wildman–Crippen LogP) is 0.636. The molecule has 9 heteroatoms. The number of ether oxygens (including phenoxy) is 1. The first kappa shape index (κ1) is 16.6. The van der Waals surface area contributed by atoms with Crippen molar-refractivity contribution in [2.24, 2.45) is 0 Å². The zero-order chi connectivity index (χ0) is 16.0. The molecule has 9 nitrogen and oxygen atoms in total. The van der Waals surface area contributed by atoms with Crippen LogP contribution in [0.3, 0.4) is 0 Å². The van der Waals surface area contributed by atoms with Crippen LogP contribution in [-0.4, -0.2) is 46.2 Å². The highest BCUT2D eigenvalue weighted by molar-refractivity contribution is 5.96. The molecule has 2 N–H and O–H groups in total. The number of hydrogen-bond acceptors (Lipinski definition) is 5. The molecule has 1 unspecified atom stereocenters. The monoisotopic (exact) mass is 299 g/mol. The largest absolute Gasteiger partial charge is 0.480 e. The normalized spacial score (nSPS) is 11.9. The molecule has 1 amide bonds. The number of amides is 1. The zero-order valence-corrected chi connectivity index (χ0v) is 11.7. The van der Waals surface area contributed by atoms with Crippen LogP contribution in [0.1, 0.15) is 23.8 Å². The van der Waals surface area contributed by atoms with Crippen molar-refractivity contribution in [3.8, 4) is 0 Å². The molecule has 0 saturated carbocycles. The molecule has 0 aliphatic rings. The molecular formula is C12H17N3O6. The van der Waals surface area contributed by atoms with Crippen molar-refractivity contribution in [1.29, 1.82) is 0 Å². The number of aryl methyl sites for hydroxylation is 1. The van der Waals surface area contributed by atoms with E-state index in [9.17, 15) is 19.7 Å². The minimum Gasteiger partial charge on any atom is -0.480 e. The Morgan fingerprint density at radius 1 is 1.57 bits per heavy atom. The number of carbonyl (C=O) groups excluding carboxylic acids is 1. The van der Waals surface area contributed by atoms with Crippen LogP contribution < -0.4 is 5.32 Å². The standard InChI is InChI=1S/C12H17N3O6/c1-3-14-7-8(15(19)20)6-10(14)11(16)13-9(12(17)18)4-5-21-2/h6-7,9H,3-5H2,1-2H3,(H,13,16)(H,17,18). The highest BCUT2D eigenvalue weighted by Gasteiger charge is 2.24. The van der Waals surface area contributed by atoms with Gasteiger partial charge in [-0.15, -0.1) is 0 Å². The molecule has 21 heavy (non-hydrogen) atoms. The first-order valence-corrected chi connectivity index (χ1v) is 6.27. The van der Waals surface area contributed by atoms with Gasteiger partial charge in [0.15, 0.2) is 0 Å². The van der Waals surface area contributed by atoms with Crippen molar-refractivity contribution in [2.45, 2.75) is 25.9 Å². The molecule has 1 atom stereocenters. The summed E-state index contributed by atoms with van der Waals surface area (Å²) in [6, 6.07) is 0.00496. The molecule has 1 aromatic heterocycles. The van der Waals surface area contributed by atoms with Crippen molar-refractivity contribution in [2.75, 3.05) is 13.7 Å². The SMILES string of the molecule is CCn1cc([N+](=O)[O-])cc1C(=O)NC(CCOC)C(=O)O. The van der Waals surface area contributed by atoms with Crippen molar-refractivity contribution >= 4 is 17.6 Å². The summed E-state index contributed by atoms with van der Waals surface area (Å²) >= 11 is 0. The van der Waals surface area contributed by atoms with Gasteiger partial charge in [0.25, 0.3) is 11.6 Å². The number of carboxylic acids is 1. The molecule has 0 spiro atoms. The van der Waals surface area contributed by atoms with Crippen molar-refractivity contribution in [3.63, 3.8) is 0 Å². The van der Waals surface area contributed by atoms with E-state index in [1.807, 2.05) is 0 Å². The average molecular weight is 299 g/mol. The minimum atomic E-state index is -1.19. The third-order valence-corrected chi connectivity index (χ3v) is 2.88. The molecule has 0 aliphatic carbocycles. The molecule has 0 aliphatic heterocycles. The first-order valence-electron chi connectivity index (χ1n) is 6.27. The molecule has 116 valence electrons. The van der Waals surface area contributed by atoms with Crippen molar-refractivity contribution < 1.29 is 24.4 Å². The van der Waals surface area contributed by atoms with Crippen molar-refractivity contribution in [1.82, 2.24) is 9.88 Å². The topological polar surface area (TPSA) is 124 Å². The van der Waals surface area contributed by atoms with Gasteiger partial charge in [0, 0.05) is 32.7 Å². The number of hydrogen-bond donors (Lipinski definition) is 2. The smallest absolute Gasteiger partial charge is 0.326 e. The van der Waals surface area contributed by atoms with Gasteiger partial charge >= 0.3 is 5.97 Å². The summed E-state index contributed by atoms with van der Waals surface area (Å²) in [6.45, 7) is 2.25. The fourth-order valence-electron chi connectivity index (χ4n) is 1.77. The minimum absolute atomic E-state index is 0.0490. The van der Waals surface area contributed by atoms with E-state index in [0.717, 1.165) is 6.07 Å². The number of aromatic nitrogens is 1. The Kier molecular flexibility index (Phi) is 5.85. The lowest BCUT2D eigenvalue weighted by molar-refractivity contribution is -0.384. The van der Waals surface area contributed by atoms with Gasteiger partial charge in [0.1, 0.15) is 11.7 Å². The summed E-state index contributed by atoms with van der Waals surface area (Å²) in [7, 11) is 1.42. The fourth-order valence-corrected chi connectivity index (χ4v) is 1.77. The zero-order valence-electron chi connectivity index (χ0n) is 11.7. The average Bonchev–Trinajstić information content (AvgIpc) is 2.87. The van der Waals surface area contributed by atoms with Crippen LogP contribution in [-0.2, 0) is 16.1 Å². The van der Waals surface area contributed by atoms with E-state index in [2.05, 4.69) is 5.32 Å². The first-order chi connectivity index (χ1) is 9.90. The second-order valence-electron chi connectivity index (χ2n) is 4.27. The lowest BCUT2D eigenvalue weighted by atomic mass is 10.2. The van der Waals surface area contributed by atoms with E-state index < -0.39 is 22.8 Å². The predicted molar refractivity (Wildman–Crippen MR) is 72.1 cm³/mol. The molecular weight excluding hydrogens is 282 g/mol. The second kappa shape index (κ2) is 7.39. The number of aliphatic carboxylic acids is 1. The van der Waals surface area contributed by atoms with Gasteiger partial charge in [-0.2, -0.15) is 0 Å². The Hall–Kier alpha value is -2.42. The molecule has 0 bridgehead atoms. The second-order valence-corrected chi connectivity index (χ2v) is 4.27. The Balaban J connectivity index is 2.91. The third-order valence-electron chi connectivity index (χ3n) is 2.88. The number of carbonyl (C=O) groups is 2. The lowest BCUT2D eigenvalue weighted by Crippen LogP contribution is -2.42. The summed E-state index contributed by atoms with van der Waals surface area (Å²) < 4.78 is 6.17. The van der Waals surface area contributed by atoms with Gasteiger partial charge in [0.05, 0.1) is 11.1 Å². The maximum Gasteiger partial charge on any atom is 0.326 e. The van der Waals surface area contributed by atoms with Gasteiger partial charge in [-0.1, -0.05) is 0 Å². The maximum atomic E-state index is 12.1. The highest BCUT2D eigenvalue weighted by Crippen LogP contribution is 2.16. The van der Waals surface area contributed by atoms with Crippen LogP contribution >= 0.6 is 0 Å². The molecule has 1 heterocycles. The van der Waals surface area contributed by atoms with E-state index in [-0.39, 0.29) is 24.4 Å². The molecule has 1 rings (SSSR count). The molecule has 0 radical (unpaired) electrons. The third kappa shape index (κ3) is 4.28. The van der Waals surface area contributed by atoms with Gasteiger partial charge < -0.3 is 19.7 Å². The summed E-state index contributed by atoms with van der Waals surface area (Å²) in [5.74, 6) is -1.86. The van der Waals surface area contributed by atoms with Crippen molar-refractivity contribution in [3.05, 3.63) is 28.1 Å². The van der Waals surface area contributed by atoms with Crippen LogP contribution in [0.5, 0.6) is 0 Å². The van der Waals surface area contributed by atoms with Crippen LogP contribution in [0, 0.1) is 10.1 Å². The number of nitrogens with one attached hydrogen (secondary N) is 1. The lowest BCUT2D eigenvalue weighted by Gasteiger charge is -2.14. The number of carboxylic acid groups (broad SMARTS) is 1. The summed E-state index contributed by atoms with van der Waals surface area (Å²) in [5, 5.41) is 22.1. The van der Waals surface area contributed by atoms with Gasteiger partial charge in [-0.3, -0.25) is 14.9 Å². The van der Waals surface area contributed by atoms with Crippen LogP contribution in [0.25, 0.3) is 0 Å². The van der Waals surface area contributed by atoms with Crippen LogP contribution in [0.4, 0.5) is 5.69 Å². The summed E-state index contributed by atoms with van der Waals surface area (Å²) in [6.07, 6.45) is 1.34. The number of nitrogens with zero attached hydrogens (tertiary/aromatic N) is 2. The van der Waals surface area contributed by atoms with E-state index in [0.29, 0.717) is 6.54 Å². The Labute approximate surface area is 120 Å². The Morgan fingerprint density at radius 3 is 2.71 bits per heavy atom. The van der Waals surface area contributed by atoms with E-state index in [4.69, 9.17) is 9.84 Å². The summed E-state index contributed by atoms with van der Waals surface area (Å²) in [4.78, 5) is 33.3. The quantitative estimate of drug-likeness (QED) is 0.536. The number of nitro groups is 1. The molecule has 0 aromatic carbocycles. The number of methoxy groups -OCH3 is 1. The Morgan fingerprint density at radius 2 is 2.24 bits per heavy atom. The van der Waals surface area contributed by atoms with E-state index in [1.165, 1.54) is 17.9 Å². The molecule has 1 aromatic rings. The van der Waals surface area contributed by atoms with E-state index >= 15 is 0 Å². The van der Waals surface area contributed by atoms with Crippen LogP contribution in [0.2, 0.25) is 0 Å². The highest BCUT2D eigenvalue weighted by atomic mass is 16.6. The van der Waals surface area contributed by atoms with E-state index in [1.54, 1.807) is 6.92 Å². The fraction of sp³-hybridized carbons (Fsp3) is 0.500. The van der Waals surface area contributed by atoms with Gasteiger partial charge in [-0.25, -0.2) is 4.79 Å².